The second-order valence-corrected chi connectivity index (χ2v) is 3.21. The minimum Gasteiger partial charge on any atom is -1.00 e. The van der Waals surface area contributed by atoms with Gasteiger partial charge in [0.2, 0.25) is 0 Å². The van der Waals surface area contributed by atoms with Crippen LogP contribution in [0.25, 0.3) is 0 Å². The molecule has 64 valence electrons. The number of alkyl halides is 1. The van der Waals surface area contributed by atoms with Gasteiger partial charge in [0.15, 0.2) is 0 Å². The van der Waals surface area contributed by atoms with Gasteiger partial charge in [-0.15, -0.1) is 0 Å². The smallest absolute Gasteiger partial charge is 1.00 e. The largest absolute Gasteiger partial charge is 2.00 e. The molecule has 0 nitrogen and oxygen atoms in total. The first-order chi connectivity index (χ1) is 5.33. The summed E-state index contributed by atoms with van der Waals surface area (Å²) < 4.78 is 12.4. The van der Waals surface area contributed by atoms with Crippen LogP contribution in [0.5, 0.6) is 0 Å². The fourth-order valence-corrected chi connectivity index (χ4v) is 1.20. The van der Waals surface area contributed by atoms with E-state index >= 15 is 0 Å². The van der Waals surface area contributed by atoms with Crippen molar-refractivity contribution >= 4 is 39.0 Å². The molecule has 0 bridgehead atoms. The van der Waals surface area contributed by atoms with Gasteiger partial charge in [-0.2, -0.15) is 0 Å². The Morgan fingerprint density at radius 2 is 1.83 bits per heavy atom. The number of rotatable bonds is 3. The summed E-state index contributed by atoms with van der Waals surface area (Å²) in [5.41, 5.74) is 1.20. The Kier molecular flexibility index (Phi) is 7.09. The van der Waals surface area contributed by atoms with Gasteiger partial charge in [-0.25, -0.2) is 4.39 Å². The van der Waals surface area contributed by atoms with E-state index in [-0.39, 0.29) is 31.7 Å². The molecule has 0 atom stereocenters. The van der Waals surface area contributed by atoms with Crippen molar-refractivity contribution in [1.82, 2.24) is 0 Å². The molecule has 0 radical (unpaired) electrons. The van der Waals surface area contributed by atoms with E-state index in [1.807, 2.05) is 12.1 Å². The zero-order chi connectivity index (χ0) is 8.10. The van der Waals surface area contributed by atoms with Crippen molar-refractivity contribution in [2.24, 2.45) is 0 Å². The van der Waals surface area contributed by atoms with Gasteiger partial charge in [0.25, 0.3) is 0 Å². The van der Waals surface area contributed by atoms with E-state index in [1.54, 1.807) is 0 Å². The maximum absolute atomic E-state index is 12.4. The number of hydrogen-bond acceptors (Lipinski definition) is 0. The van der Waals surface area contributed by atoms with Crippen LogP contribution in [0.1, 0.15) is 14.8 Å². The van der Waals surface area contributed by atoms with E-state index in [2.05, 4.69) is 15.9 Å². The SMILES string of the molecule is Fc1ccc(CCCBr)cc1.[H-].[H-].[Mg+2]. The Hall–Kier alpha value is 0.396. The van der Waals surface area contributed by atoms with Crippen molar-refractivity contribution in [3.05, 3.63) is 35.6 Å². The minimum atomic E-state index is -0.160. The summed E-state index contributed by atoms with van der Waals surface area (Å²) in [6.45, 7) is 0. The first-order valence-corrected chi connectivity index (χ1v) is 4.75. The molecule has 12 heavy (non-hydrogen) atoms. The number of hydrogen-bond donors (Lipinski definition) is 0. The molecule has 0 saturated carbocycles. The summed E-state index contributed by atoms with van der Waals surface area (Å²) in [5, 5.41) is 1.00. The van der Waals surface area contributed by atoms with Crippen molar-refractivity contribution in [3.63, 3.8) is 0 Å². The Morgan fingerprint density at radius 1 is 1.25 bits per heavy atom. The standard InChI is InChI=1S/C9H10BrF.Mg.2H/c10-7-1-2-8-3-5-9(11)6-4-8;;;/h3-6H,1-2,7H2;;;/q;+2;2*-1. The third-order valence-corrected chi connectivity index (χ3v) is 2.07. The third-order valence-electron chi connectivity index (χ3n) is 1.51. The minimum absolute atomic E-state index is 0. The summed E-state index contributed by atoms with van der Waals surface area (Å²) >= 11 is 3.35. The van der Waals surface area contributed by atoms with Crippen molar-refractivity contribution in [1.29, 1.82) is 0 Å². The van der Waals surface area contributed by atoms with Gasteiger partial charge >= 0.3 is 23.1 Å². The molecule has 1 aromatic rings. The normalized spacial score (nSPS) is 9.17. The van der Waals surface area contributed by atoms with E-state index < -0.39 is 0 Å². The Labute approximate surface area is 99.8 Å². The van der Waals surface area contributed by atoms with Gasteiger partial charge in [-0.3, -0.25) is 0 Å². The number of halogens is 2. The first-order valence-electron chi connectivity index (χ1n) is 3.63. The average Bonchev–Trinajstić information content (AvgIpc) is 2.04. The van der Waals surface area contributed by atoms with Gasteiger partial charge in [-0.05, 0) is 30.5 Å². The Morgan fingerprint density at radius 3 is 2.33 bits per heavy atom. The zero-order valence-electron chi connectivity index (χ0n) is 8.89. The fourth-order valence-electron chi connectivity index (χ4n) is 0.922. The molecule has 0 aliphatic carbocycles. The van der Waals surface area contributed by atoms with Crippen LogP contribution in [0, 0.1) is 5.82 Å². The van der Waals surface area contributed by atoms with Gasteiger partial charge < -0.3 is 2.85 Å². The molecule has 0 aliphatic heterocycles. The van der Waals surface area contributed by atoms with Crippen molar-refractivity contribution in [2.45, 2.75) is 12.8 Å². The van der Waals surface area contributed by atoms with Gasteiger partial charge in [0.1, 0.15) is 5.82 Å². The van der Waals surface area contributed by atoms with E-state index in [1.165, 1.54) is 17.7 Å². The van der Waals surface area contributed by atoms with E-state index in [0.29, 0.717) is 0 Å². The van der Waals surface area contributed by atoms with Crippen LogP contribution in [-0.4, -0.2) is 28.4 Å². The van der Waals surface area contributed by atoms with E-state index in [0.717, 1.165) is 18.2 Å². The molecule has 0 fully saturated rings. The summed E-state index contributed by atoms with van der Waals surface area (Å²) in [6.07, 6.45) is 2.12. The summed E-state index contributed by atoms with van der Waals surface area (Å²) in [7, 11) is 0. The molecule has 1 aromatic carbocycles. The maximum atomic E-state index is 12.4. The molecule has 3 heteroatoms. The topological polar surface area (TPSA) is 0 Å². The van der Waals surface area contributed by atoms with Crippen molar-refractivity contribution in [3.8, 4) is 0 Å². The van der Waals surface area contributed by atoms with Crippen LogP contribution in [-0.2, 0) is 6.42 Å². The molecular formula is C9H12BrFMg. The molecule has 0 saturated heterocycles. The van der Waals surface area contributed by atoms with Crippen molar-refractivity contribution < 1.29 is 7.24 Å². The molecule has 0 amide bonds. The quantitative estimate of drug-likeness (QED) is 0.565. The molecule has 0 unspecified atom stereocenters. The van der Waals surface area contributed by atoms with Crippen LogP contribution < -0.4 is 0 Å². The fraction of sp³-hybridized carbons (Fsp3) is 0.333. The molecule has 0 N–H and O–H groups in total. The van der Waals surface area contributed by atoms with E-state index in [9.17, 15) is 4.39 Å². The van der Waals surface area contributed by atoms with E-state index in [4.69, 9.17) is 0 Å². The number of aryl methyl sites for hydroxylation is 1. The molecule has 0 aromatic heterocycles. The third kappa shape index (κ3) is 4.43. The van der Waals surface area contributed by atoms with Crippen molar-refractivity contribution in [2.75, 3.05) is 5.33 Å². The molecule has 0 spiro atoms. The predicted octanol–water partition coefficient (Wildman–Crippen LogP) is 3.00. The van der Waals surface area contributed by atoms with Crippen LogP contribution in [0.3, 0.4) is 0 Å². The Balaban J connectivity index is -0.000000403. The Bertz CT molecular complexity index is 219. The van der Waals surface area contributed by atoms with Gasteiger partial charge in [-0.1, -0.05) is 28.1 Å². The molecule has 0 heterocycles. The second kappa shape index (κ2) is 6.86. The molecular weight excluding hydrogens is 231 g/mol. The molecule has 0 aliphatic rings. The molecule has 1 rings (SSSR count). The second-order valence-electron chi connectivity index (χ2n) is 2.42. The van der Waals surface area contributed by atoms with Gasteiger partial charge in [0.05, 0.1) is 0 Å². The zero-order valence-corrected chi connectivity index (χ0v) is 9.89. The summed E-state index contributed by atoms with van der Waals surface area (Å²) in [4.78, 5) is 0. The van der Waals surface area contributed by atoms with Crippen LogP contribution in [0.15, 0.2) is 24.3 Å². The summed E-state index contributed by atoms with van der Waals surface area (Å²) in [6, 6.07) is 6.67. The predicted molar refractivity (Wildman–Crippen MR) is 56.5 cm³/mol. The average molecular weight is 243 g/mol. The monoisotopic (exact) mass is 242 g/mol. The van der Waals surface area contributed by atoms with Crippen LogP contribution >= 0.6 is 15.9 Å². The van der Waals surface area contributed by atoms with Gasteiger partial charge in [0, 0.05) is 5.33 Å². The maximum Gasteiger partial charge on any atom is 2.00 e. The first kappa shape index (κ1) is 12.4. The van der Waals surface area contributed by atoms with Crippen LogP contribution in [0.2, 0.25) is 0 Å². The van der Waals surface area contributed by atoms with Crippen LogP contribution in [0.4, 0.5) is 4.39 Å². The number of benzene rings is 1. The summed E-state index contributed by atoms with van der Waals surface area (Å²) in [5.74, 6) is -0.160.